The molecule has 2 rings (SSSR count). The van der Waals surface area contributed by atoms with E-state index in [1.807, 2.05) is 6.20 Å². The first kappa shape index (κ1) is 5.98. The number of aliphatic hydroxyl groups excluding tert-OH is 1. The zero-order chi connectivity index (χ0) is 6.97. The van der Waals surface area contributed by atoms with Crippen molar-refractivity contribution in [1.82, 2.24) is 4.98 Å². The average Bonchev–Trinajstić information content (AvgIpc) is 2.33. The molecule has 0 amide bonds. The maximum Gasteiger partial charge on any atom is 0.0585 e. The normalized spacial score (nSPS) is 24.3. The van der Waals surface area contributed by atoms with Crippen LogP contribution >= 0.6 is 0 Å². The third-order valence-electron chi connectivity index (χ3n) is 2.11. The number of nitrogens with one attached hydrogen (secondary N) is 1. The molecule has 54 valence electrons. The van der Waals surface area contributed by atoms with E-state index in [4.69, 9.17) is 0 Å². The first-order valence-electron chi connectivity index (χ1n) is 3.69. The molecule has 0 spiro atoms. The van der Waals surface area contributed by atoms with Crippen molar-refractivity contribution < 1.29 is 5.11 Å². The van der Waals surface area contributed by atoms with Crippen molar-refractivity contribution in [3.8, 4) is 0 Å². The van der Waals surface area contributed by atoms with Gasteiger partial charge in [-0.1, -0.05) is 0 Å². The molecule has 0 bridgehead atoms. The third-order valence-corrected chi connectivity index (χ3v) is 2.11. The summed E-state index contributed by atoms with van der Waals surface area (Å²) in [6, 6.07) is 2.05. The van der Waals surface area contributed by atoms with Crippen molar-refractivity contribution in [3.63, 3.8) is 0 Å². The Kier molecular flexibility index (Phi) is 1.27. The maximum atomic E-state index is 9.26. The second-order valence-electron chi connectivity index (χ2n) is 2.88. The lowest BCUT2D eigenvalue weighted by Gasteiger charge is -2.16. The van der Waals surface area contributed by atoms with Crippen LogP contribution in [0.25, 0.3) is 0 Å². The van der Waals surface area contributed by atoms with Crippen LogP contribution in [-0.4, -0.2) is 16.2 Å². The third kappa shape index (κ3) is 0.847. The summed E-state index contributed by atoms with van der Waals surface area (Å²) in [6.07, 6.45) is 4.58. The van der Waals surface area contributed by atoms with Crippen LogP contribution in [-0.2, 0) is 12.8 Å². The molecule has 0 saturated carbocycles. The van der Waals surface area contributed by atoms with Gasteiger partial charge in [-0.15, -0.1) is 0 Å². The van der Waals surface area contributed by atoms with Crippen LogP contribution in [0.15, 0.2) is 12.3 Å². The second-order valence-corrected chi connectivity index (χ2v) is 2.88. The summed E-state index contributed by atoms with van der Waals surface area (Å²) in [4.78, 5) is 3.17. The summed E-state index contributed by atoms with van der Waals surface area (Å²) in [6.45, 7) is 0. The van der Waals surface area contributed by atoms with Gasteiger partial charge in [0.1, 0.15) is 0 Å². The highest BCUT2D eigenvalue weighted by atomic mass is 16.3. The molecule has 1 atom stereocenters. The Balaban J connectivity index is 2.30. The number of hydrogen-bond donors (Lipinski definition) is 2. The first-order valence-corrected chi connectivity index (χ1v) is 3.69. The molecule has 0 aromatic carbocycles. The van der Waals surface area contributed by atoms with E-state index in [1.54, 1.807) is 0 Å². The summed E-state index contributed by atoms with van der Waals surface area (Å²) in [5.74, 6) is 0. The lowest BCUT2D eigenvalue weighted by atomic mass is 9.96. The van der Waals surface area contributed by atoms with Crippen LogP contribution in [0.4, 0.5) is 0 Å². The Hall–Kier alpha value is -0.760. The quantitative estimate of drug-likeness (QED) is 0.546. The van der Waals surface area contributed by atoms with E-state index < -0.39 is 0 Å². The molecule has 2 N–H and O–H groups in total. The Morgan fingerprint density at radius 1 is 1.60 bits per heavy atom. The molecule has 0 aliphatic heterocycles. The number of aromatic nitrogens is 1. The number of aryl methyl sites for hydroxylation is 1. The minimum atomic E-state index is -0.108. The zero-order valence-electron chi connectivity index (χ0n) is 5.80. The second kappa shape index (κ2) is 2.13. The van der Waals surface area contributed by atoms with Gasteiger partial charge in [0.25, 0.3) is 0 Å². The molecular formula is C8H11NO. The number of aromatic amines is 1. The lowest BCUT2D eigenvalue weighted by Crippen LogP contribution is -2.17. The molecular weight excluding hydrogens is 126 g/mol. The minimum Gasteiger partial charge on any atom is -0.393 e. The molecule has 2 heteroatoms. The van der Waals surface area contributed by atoms with E-state index in [0.29, 0.717) is 0 Å². The van der Waals surface area contributed by atoms with E-state index in [1.165, 1.54) is 11.3 Å². The predicted octanol–water partition coefficient (Wildman–Crippen LogP) is 0.864. The lowest BCUT2D eigenvalue weighted by molar-refractivity contribution is 0.158. The van der Waals surface area contributed by atoms with Crippen LogP contribution in [0.5, 0.6) is 0 Å². The number of fused-ring (bicyclic) bond motifs is 1. The molecule has 1 unspecified atom stereocenters. The van der Waals surface area contributed by atoms with Gasteiger partial charge in [0, 0.05) is 18.3 Å². The molecule has 1 aromatic heterocycles. The fourth-order valence-electron chi connectivity index (χ4n) is 1.53. The predicted molar refractivity (Wildman–Crippen MR) is 38.8 cm³/mol. The van der Waals surface area contributed by atoms with Crippen LogP contribution in [0.1, 0.15) is 17.7 Å². The standard InChI is InChI=1S/C8H11NO/c10-7-1-2-8-6(5-7)3-4-9-8/h3-4,7,9-10H,1-2,5H2. The van der Waals surface area contributed by atoms with Gasteiger partial charge in [-0.05, 0) is 24.5 Å². The monoisotopic (exact) mass is 137 g/mol. The fourth-order valence-corrected chi connectivity index (χ4v) is 1.53. The zero-order valence-corrected chi connectivity index (χ0v) is 5.80. The minimum absolute atomic E-state index is 0.108. The molecule has 1 aliphatic rings. The van der Waals surface area contributed by atoms with Crippen LogP contribution in [0, 0.1) is 0 Å². The molecule has 2 nitrogen and oxygen atoms in total. The van der Waals surface area contributed by atoms with Crippen molar-refractivity contribution in [2.75, 3.05) is 0 Å². The van der Waals surface area contributed by atoms with Crippen molar-refractivity contribution in [1.29, 1.82) is 0 Å². The van der Waals surface area contributed by atoms with Crippen molar-refractivity contribution in [2.45, 2.75) is 25.4 Å². The summed E-state index contributed by atoms with van der Waals surface area (Å²) in [7, 11) is 0. The van der Waals surface area contributed by atoms with Crippen molar-refractivity contribution in [3.05, 3.63) is 23.5 Å². The van der Waals surface area contributed by atoms with Crippen LogP contribution < -0.4 is 0 Å². The van der Waals surface area contributed by atoms with Gasteiger partial charge >= 0.3 is 0 Å². The summed E-state index contributed by atoms with van der Waals surface area (Å²) >= 11 is 0. The Labute approximate surface area is 59.9 Å². The first-order chi connectivity index (χ1) is 4.86. The van der Waals surface area contributed by atoms with Gasteiger partial charge in [0.15, 0.2) is 0 Å². The van der Waals surface area contributed by atoms with Crippen molar-refractivity contribution in [2.24, 2.45) is 0 Å². The van der Waals surface area contributed by atoms with Gasteiger partial charge in [-0.2, -0.15) is 0 Å². The summed E-state index contributed by atoms with van der Waals surface area (Å²) in [5.41, 5.74) is 2.60. The molecule has 1 heterocycles. The SMILES string of the molecule is OC1CCc2[nH]ccc2C1. The van der Waals surface area contributed by atoms with E-state index in [2.05, 4.69) is 11.1 Å². The smallest absolute Gasteiger partial charge is 0.0585 e. The number of aliphatic hydroxyl groups is 1. The number of H-pyrrole nitrogens is 1. The molecule has 0 saturated heterocycles. The van der Waals surface area contributed by atoms with Crippen LogP contribution in [0.2, 0.25) is 0 Å². The summed E-state index contributed by atoms with van der Waals surface area (Å²) in [5, 5.41) is 9.26. The van der Waals surface area contributed by atoms with E-state index in [9.17, 15) is 5.11 Å². The topological polar surface area (TPSA) is 36.0 Å². The molecule has 1 aliphatic carbocycles. The van der Waals surface area contributed by atoms with Gasteiger partial charge in [-0.25, -0.2) is 0 Å². The summed E-state index contributed by atoms with van der Waals surface area (Å²) < 4.78 is 0. The van der Waals surface area contributed by atoms with Crippen LogP contribution in [0.3, 0.4) is 0 Å². The number of rotatable bonds is 0. The van der Waals surface area contributed by atoms with Gasteiger partial charge in [0.2, 0.25) is 0 Å². The Morgan fingerprint density at radius 2 is 2.50 bits per heavy atom. The van der Waals surface area contributed by atoms with Crippen molar-refractivity contribution >= 4 is 0 Å². The molecule has 10 heavy (non-hydrogen) atoms. The van der Waals surface area contributed by atoms with Gasteiger partial charge < -0.3 is 10.1 Å². The Morgan fingerprint density at radius 3 is 3.40 bits per heavy atom. The van der Waals surface area contributed by atoms with E-state index in [-0.39, 0.29) is 6.10 Å². The van der Waals surface area contributed by atoms with E-state index in [0.717, 1.165) is 19.3 Å². The van der Waals surface area contributed by atoms with Gasteiger partial charge in [-0.3, -0.25) is 0 Å². The van der Waals surface area contributed by atoms with Gasteiger partial charge in [0.05, 0.1) is 6.10 Å². The molecule has 0 radical (unpaired) electrons. The average molecular weight is 137 g/mol. The maximum absolute atomic E-state index is 9.26. The molecule has 1 aromatic rings. The largest absolute Gasteiger partial charge is 0.393 e. The number of hydrogen-bond acceptors (Lipinski definition) is 1. The molecule has 0 fully saturated rings. The highest BCUT2D eigenvalue weighted by Crippen LogP contribution is 2.19. The fraction of sp³-hybridized carbons (Fsp3) is 0.500. The van der Waals surface area contributed by atoms with E-state index >= 15 is 0 Å². The highest BCUT2D eigenvalue weighted by Gasteiger charge is 2.15. The highest BCUT2D eigenvalue weighted by molar-refractivity contribution is 5.23. The Bertz CT molecular complexity index is 229.